The second-order valence-electron chi connectivity index (χ2n) is 4.40. The zero-order chi connectivity index (χ0) is 11.3. The van der Waals surface area contributed by atoms with Crippen LogP contribution in [-0.2, 0) is 5.41 Å². The van der Waals surface area contributed by atoms with E-state index in [1.54, 1.807) is 0 Å². The van der Waals surface area contributed by atoms with Crippen molar-refractivity contribution in [2.45, 2.75) is 18.8 Å². The van der Waals surface area contributed by atoms with E-state index in [9.17, 15) is 5.11 Å². The predicted octanol–water partition coefficient (Wildman–Crippen LogP) is 2.31. The smallest absolute Gasteiger partial charge is 0.0540 e. The molecule has 1 N–H and O–H groups in total. The van der Waals surface area contributed by atoms with Crippen LogP contribution >= 0.6 is 12.4 Å². The van der Waals surface area contributed by atoms with Crippen LogP contribution in [0.2, 0.25) is 0 Å². The Bertz CT molecular complexity index is 283. The van der Waals surface area contributed by atoms with E-state index in [1.807, 2.05) is 32.3 Å². The molecule has 0 aliphatic carbocycles. The number of aliphatic hydroxyl groups excluding tert-OH is 1. The number of aliphatic hydroxyl groups is 1. The number of halogens is 1. The zero-order valence-corrected chi connectivity index (χ0v) is 11.1. The first-order valence-corrected chi connectivity index (χ1v) is 5.46. The van der Waals surface area contributed by atoms with Gasteiger partial charge in [-0.25, -0.2) is 0 Å². The molecule has 1 aromatic rings. The summed E-state index contributed by atoms with van der Waals surface area (Å²) in [7, 11) is 4.09. The lowest BCUT2D eigenvalue weighted by Crippen LogP contribution is -2.40. The van der Waals surface area contributed by atoms with Gasteiger partial charge in [-0.3, -0.25) is 0 Å². The molecule has 0 fully saturated rings. The average Bonchev–Trinajstić information content (AvgIpc) is 2.27. The highest BCUT2D eigenvalue weighted by Gasteiger charge is 2.29. The summed E-state index contributed by atoms with van der Waals surface area (Å²) in [6.07, 6.45) is 0.950. The number of hydrogen-bond donors (Lipinski definition) is 1. The number of nitrogens with zero attached hydrogens (tertiary/aromatic N) is 1. The summed E-state index contributed by atoms with van der Waals surface area (Å²) in [5, 5.41) is 9.65. The molecule has 1 unspecified atom stereocenters. The molecule has 16 heavy (non-hydrogen) atoms. The number of benzene rings is 1. The summed E-state index contributed by atoms with van der Waals surface area (Å²) in [6.45, 7) is 3.21. The SMILES string of the molecule is CCC(CO)(CN(C)C)c1ccccc1.Cl. The minimum atomic E-state index is -0.120. The van der Waals surface area contributed by atoms with E-state index in [-0.39, 0.29) is 24.4 Å². The molecule has 1 atom stereocenters. The van der Waals surface area contributed by atoms with Crippen LogP contribution in [0.3, 0.4) is 0 Å². The largest absolute Gasteiger partial charge is 0.395 e. The van der Waals surface area contributed by atoms with Crippen molar-refractivity contribution in [2.75, 3.05) is 27.2 Å². The fraction of sp³-hybridized carbons (Fsp3) is 0.538. The van der Waals surface area contributed by atoms with Crippen LogP contribution in [0.25, 0.3) is 0 Å². The Morgan fingerprint density at radius 1 is 1.19 bits per heavy atom. The molecule has 0 saturated heterocycles. The van der Waals surface area contributed by atoms with E-state index in [0.29, 0.717) is 0 Å². The lowest BCUT2D eigenvalue weighted by Gasteiger charge is -2.34. The Morgan fingerprint density at radius 2 is 1.75 bits per heavy atom. The van der Waals surface area contributed by atoms with Crippen molar-refractivity contribution < 1.29 is 5.11 Å². The van der Waals surface area contributed by atoms with Gasteiger partial charge in [0.05, 0.1) is 6.61 Å². The number of rotatable bonds is 5. The van der Waals surface area contributed by atoms with E-state index < -0.39 is 0 Å². The summed E-state index contributed by atoms with van der Waals surface area (Å²) in [5.41, 5.74) is 1.11. The second kappa shape index (κ2) is 6.89. The minimum absolute atomic E-state index is 0. The highest BCUT2D eigenvalue weighted by atomic mass is 35.5. The molecule has 0 aliphatic heterocycles. The molecule has 92 valence electrons. The molecular formula is C13H22ClNO. The summed E-state index contributed by atoms with van der Waals surface area (Å²) in [5.74, 6) is 0. The van der Waals surface area contributed by atoms with E-state index in [4.69, 9.17) is 0 Å². The second-order valence-corrected chi connectivity index (χ2v) is 4.40. The fourth-order valence-electron chi connectivity index (χ4n) is 2.06. The molecule has 2 nitrogen and oxygen atoms in total. The van der Waals surface area contributed by atoms with Crippen molar-refractivity contribution in [3.05, 3.63) is 35.9 Å². The van der Waals surface area contributed by atoms with Crippen LogP contribution in [0.15, 0.2) is 30.3 Å². The molecule has 0 aromatic heterocycles. The normalized spacial score (nSPS) is 14.3. The van der Waals surface area contributed by atoms with Gasteiger partial charge >= 0.3 is 0 Å². The van der Waals surface area contributed by atoms with E-state index in [2.05, 4.69) is 24.0 Å². The number of likely N-dealkylation sites (N-methyl/N-ethyl adjacent to an activating group) is 1. The molecule has 0 bridgehead atoms. The molecular weight excluding hydrogens is 222 g/mol. The van der Waals surface area contributed by atoms with Crippen molar-refractivity contribution in [2.24, 2.45) is 0 Å². The Kier molecular flexibility index (Phi) is 6.65. The predicted molar refractivity (Wildman–Crippen MR) is 71.3 cm³/mol. The fourth-order valence-corrected chi connectivity index (χ4v) is 2.06. The first-order valence-electron chi connectivity index (χ1n) is 5.46. The van der Waals surface area contributed by atoms with E-state index in [0.717, 1.165) is 13.0 Å². The summed E-state index contributed by atoms with van der Waals surface area (Å²) >= 11 is 0. The van der Waals surface area contributed by atoms with Gasteiger partial charge in [-0.15, -0.1) is 12.4 Å². The zero-order valence-electron chi connectivity index (χ0n) is 10.3. The van der Waals surface area contributed by atoms with Crippen molar-refractivity contribution in [1.29, 1.82) is 0 Å². The van der Waals surface area contributed by atoms with Gasteiger partial charge in [-0.1, -0.05) is 37.3 Å². The molecule has 0 spiro atoms. The van der Waals surface area contributed by atoms with E-state index >= 15 is 0 Å². The third kappa shape index (κ3) is 3.48. The molecule has 0 amide bonds. The molecule has 0 radical (unpaired) electrons. The van der Waals surface area contributed by atoms with Gasteiger partial charge in [0.1, 0.15) is 0 Å². The molecule has 0 saturated carbocycles. The van der Waals surface area contributed by atoms with Crippen LogP contribution in [0.1, 0.15) is 18.9 Å². The average molecular weight is 244 g/mol. The lowest BCUT2D eigenvalue weighted by molar-refractivity contribution is 0.153. The summed E-state index contributed by atoms with van der Waals surface area (Å²) in [4.78, 5) is 2.13. The van der Waals surface area contributed by atoms with Crippen molar-refractivity contribution in [3.63, 3.8) is 0 Å². The van der Waals surface area contributed by atoms with Crippen molar-refractivity contribution in [3.8, 4) is 0 Å². The van der Waals surface area contributed by atoms with Gasteiger partial charge in [0, 0.05) is 12.0 Å². The quantitative estimate of drug-likeness (QED) is 0.858. The van der Waals surface area contributed by atoms with Crippen LogP contribution in [0.4, 0.5) is 0 Å². The Morgan fingerprint density at radius 3 is 2.12 bits per heavy atom. The van der Waals surface area contributed by atoms with Crippen LogP contribution in [0.5, 0.6) is 0 Å². The first-order chi connectivity index (χ1) is 7.14. The van der Waals surface area contributed by atoms with Crippen LogP contribution in [-0.4, -0.2) is 37.3 Å². The highest BCUT2D eigenvalue weighted by molar-refractivity contribution is 5.85. The maximum atomic E-state index is 9.65. The Balaban J connectivity index is 0.00000225. The third-order valence-electron chi connectivity index (χ3n) is 2.98. The summed E-state index contributed by atoms with van der Waals surface area (Å²) in [6, 6.07) is 10.3. The Labute approximate surface area is 105 Å². The maximum Gasteiger partial charge on any atom is 0.0540 e. The molecule has 3 heteroatoms. The van der Waals surface area contributed by atoms with Gasteiger partial charge in [-0.05, 0) is 26.1 Å². The monoisotopic (exact) mass is 243 g/mol. The van der Waals surface area contributed by atoms with Gasteiger partial charge in [0.25, 0.3) is 0 Å². The molecule has 0 aliphatic rings. The minimum Gasteiger partial charge on any atom is -0.395 e. The van der Waals surface area contributed by atoms with Gasteiger partial charge in [-0.2, -0.15) is 0 Å². The van der Waals surface area contributed by atoms with Gasteiger partial charge in [0.15, 0.2) is 0 Å². The highest BCUT2D eigenvalue weighted by Crippen LogP contribution is 2.27. The number of hydrogen-bond acceptors (Lipinski definition) is 2. The molecule has 0 heterocycles. The van der Waals surface area contributed by atoms with Crippen molar-refractivity contribution >= 4 is 12.4 Å². The van der Waals surface area contributed by atoms with Gasteiger partial charge in [0.2, 0.25) is 0 Å². The van der Waals surface area contributed by atoms with E-state index in [1.165, 1.54) is 5.56 Å². The summed E-state index contributed by atoms with van der Waals surface area (Å²) < 4.78 is 0. The standard InChI is InChI=1S/C13H21NO.ClH/c1-4-13(11-15,10-14(2)3)12-8-6-5-7-9-12;/h5-9,15H,4,10-11H2,1-3H3;1H. The molecule has 1 rings (SSSR count). The first kappa shape index (κ1) is 15.4. The third-order valence-corrected chi connectivity index (χ3v) is 2.98. The lowest BCUT2D eigenvalue weighted by atomic mass is 9.78. The topological polar surface area (TPSA) is 23.5 Å². The Hall–Kier alpha value is -0.570. The van der Waals surface area contributed by atoms with Crippen LogP contribution in [0, 0.1) is 0 Å². The van der Waals surface area contributed by atoms with Crippen molar-refractivity contribution in [1.82, 2.24) is 4.90 Å². The van der Waals surface area contributed by atoms with Gasteiger partial charge < -0.3 is 10.0 Å². The molecule has 1 aromatic carbocycles. The maximum absolute atomic E-state index is 9.65. The van der Waals surface area contributed by atoms with Crippen LogP contribution < -0.4 is 0 Å².